The number of amidine groups is 2. The minimum Gasteiger partial charge on any atom is -0.344 e. The van der Waals surface area contributed by atoms with E-state index in [1.54, 1.807) is 0 Å². The van der Waals surface area contributed by atoms with Gasteiger partial charge in [-0.25, -0.2) is 9.98 Å². The Labute approximate surface area is 437 Å². The van der Waals surface area contributed by atoms with Crippen LogP contribution in [0.3, 0.4) is 0 Å². The van der Waals surface area contributed by atoms with Gasteiger partial charge >= 0.3 is 0 Å². The van der Waals surface area contributed by atoms with Crippen LogP contribution in [0.25, 0.3) is 109 Å². The molecule has 1 aliphatic rings. The number of hydrogen-bond donors (Lipinski definition) is 1. The molecule has 0 saturated carbocycles. The first-order chi connectivity index (χ1) is 37.2. The van der Waals surface area contributed by atoms with Gasteiger partial charge in [0, 0.05) is 64.1 Å². The van der Waals surface area contributed by atoms with E-state index in [1.807, 2.05) is 23.5 Å². The number of thiophene rings is 1. The number of nitrogens with zero attached hydrogens (tertiary/aromatic N) is 4. The molecule has 0 bridgehead atoms. The number of benzene rings is 11. The predicted molar refractivity (Wildman–Crippen MR) is 316 cm³/mol. The van der Waals surface area contributed by atoms with Gasteiger partial charge in [-0.3, -0.25) is 0 Å². The Hall–Kier alpha value is -9.62. The average Bonchev–Trinajstić information content (AvgIpc) is 4.16. The van der Waals surface area contributed by atoms with Crippen LogP contribution in [0, 0.1) is 0 Å². The van der Waals surface area contributed by atoms with E-state index < -0.39 is 6.17 Å². The molecule has 14 aromatic rings. The molecule has 0 aliphatic carbocycles. The van der Waals surface area contributed by atoms with Gasteiger partial charge in [0.2, 0.25) is 0 Å². The van der Waals surface area contributed by atoms with Crippen molar-refractivity contribution in [1.29, 1.82) is 0 Å². The fraction of sp³-hybridized carbons (Fsp3) is 0.0145. The molecule has 6 heteroatoms. The smallest absolute Gasteiger partial charge is 0.159 e. The number of para-hydroxylation sites is 3. The van der Waals surface area contributed by atoms with E-state index >= 15 is 0 Å². The standard InChI is InChI=1S/C69H45N5S/c1-5-21-44(22-6-1)47-39-40-56(69-71-67(45-23-7-2-8-24-45)70-68(72-69)46-25-9-3-10-26-46)61(42-47)74-59-36-17-14-31-55(59)65-57(41-48(43-62(65)74)50-32-19-34-53-51-29-15-18-38-63(51)75-66(50)53)52-33-20-37-60-64(52)54-30-13-16-35-58(54)73(60)49-27-11-4-12-28-49/h1-43,69H,(H,70,71,72). The molecule has 0 amide bonds. The van der Waals surface area contributed by atoms with Crippen LogP contribution in [0.1, 0.15) is 22.9 Å². The monoisotopic (exact) mass is 975 g/mol. The van der Waals surface area contributed by atoms with E-state index in [9.17, 15) is 0 Å². The summed E-state index contributed by atoms with van der Waals surface area (Å²) in [6.07, 6.45) is -0.489. The molecule has 75 heavy (non-hydrogen) atoms. The molecule has 0 saturated heterocycles. The lowest BCUT2D eigenvalue weighted by Crippen LogP contribution is -2.34. The molecular formula is C69H45N5S. The molecule has 0 spiro atoms. The van der Waals surface area contributed by atoms with E-state index in [-0.39, 0.29) is 0 Å². The van der Waals surface area contributed by atoms with Crippen LogP contribution >= 0.6 is 11.3 Å². The lowest BCUT2D eigenvalue weighted by Gasteiger charge is -2.26. The highest BCUT2D eigenvalue weighted by Crippen LogP contribution is 2.48. The minimum atomic E-state index is -0.489. The van der Waals surface area contributed by atoms with E-state index in [0.717, 1.165) is 67.1 Å². The Bertz CT molecular complexity index is 4600. The molecule has 3 aromatic heterocycles. The highest BCUT2D eigenvalue weighted by atomic mass is 32.1. The third-order valence-corrected chi connectivity index (χ3v) is 16.2. The first-order valence-corrected chi connectivity index (χ1v) is 26.3. The van der Waals surface area contributed by atoms with Crippen molar-refractivity contribution in [3.8, 4) is 44.8 Å². The number of aliphatic imine (C=N–C) groups is 2. The van der Waals surface area contributed by atoms with Crippen molar-refractivity contribution in [2.45, 2.75) is 6.17 Å². The molecule has 0 radical (unpaired) electrons. The maximum absolute atomic E-state index is 5.51. The van der Waals surface area contributed by atoms with Gasteiger partial charge < -0.3 is 14.5 Å². The number of fused-ring (bicyclic) bond motifs is 9. The maximum Gasteiger partial charge on any atom is 0.159 e. The summed E-state index contributed by atoms with van der Waals surface area (Å²) in [5.74, 6) is 1.46. The summed E-state index contributed by atoms with van der Waals surface area (Å²) in [7, 11) is 0. The number of rotatable bonds is 8. The predicted octanol–water partition coefficient (Wildman–Crippen LogP) is 17.7. The number of nitrogens with one attached hydrogen (secondary N) is 1. The second kappa shape index (κ2) is 17.6. The fourth-order valence-electron chi connectivity index (χ4n) is 11.6. The second-order valence-electron chi connectivity index (χ2n) is 19.3. The molecule has 11 aromatic carbocycles. The van der Waals surface area contributed by atoms with Gasteiger partial charge in [0.25, 0.3) is 0 Å². The Morgan fingerprint density at radius 1 is 0.373 bits per heavy atom. The lowest BCUT2D eigenvalue weighted by atomic mass is 9.91. The van der Waals surface area contributed by atoms with Crippen LogP contribution in [-0.2, 0) is 0 Å². The van der Waals surface area contributed by atoms with Crippen LogP contribution in [0.15, 0.2) is 271 Å². The third-order valence-electron chi connectivity index (χ3n) is 15.0. The normalized spacial score (nSPS) is 13.7. The van der Waals surface area contributed by atoms with Crippen LogP contribution in [-0.4, -0.2) is 20.8 Å². The van der Waals surface area contributed by atoms with Gasteiger partial charge in [0.05, 0.1) is 27.8 Å². The first kappa shape index (κ1) is 43.0. The summed E-state index contributed by atoms with van der Waals surface area (Å²) in [5.41, 5.74) is 16.7. The zero-order chi connectivity index (χ0) is 49.4. The third kappa shape index (κ3) is 7.06. The van der Waals surface area contributed by atoms with Crippen molar-refractivity contribution < 1.29 is 0 Å². The summed E-state index contributed by atoms with van der Waals surface area (Å²) in [4.78, 5) is 10.7. The van der Waals surface area contributed by atoms with Gasteiger partial charge in [-0.1, -0.05) is 206 Å². The summed E-state index contributed by atoms with van der Waals surface area (Å²) in [6, 6.07) is 94.4. The lowest BCUT2D eigenvalue weighted by molar-refractivity contribution is 0.671. The van der Waals surface area contributed by atoms with E-state index in [1.165, 1.54) is 63.9 Å². The van der Waals surface area contributed by atoms with Gasteiger partial charge in [-0.2, -0.15) is 0 Å². The van der Waals surface area contributed by atoms with E-state index in [0.29, 0.717) is 5.84 Å². The SMILES string of the molecule is c1ccc(C2=NC(c3ccc(-c4ccccc4)cc3-n3c4ccccc4c4c(-c5cccc6c5c5ccccc5n6-c5ccccc5)cc(-c5cccc6c5sc5ccccc56)cc43)NC(c3ccccc3)=N2)cc1. The van der Waals surface area contributed by atoms with Crippen molar-refractivity contribution in [3.05, 3.63) is 278 Å². The zero-order valence-electron chi connectivity index (χ0n) is 40.6. The summed E-state index contributed by atoms with van der Waals surface area (Å²) in [6.45, 7) is 0. The van der Waals surface area contributed by atoms with Gasteiger partial charge in [-0.05, 0) is 88.0 Å². The summed E-state index contributed by atoms with van der Waals surface area (Å²) >= 11 is 1.87. The average molecular weight is 976 g/mol. The van der Waals surface area contributed by atoms with Crippen molar-refractivity contribution in [2.75, 3.05) is 0 Å². The van der Waals surface area contributed by atoms with Crippen LogP contribution in [0.2, 0.25) is 0 Å². The largest absolute Gasteiger partial charge is 0.344 e. The summed E-state index contributed by atoms with van der Waals surface area (Å²) in [5, 5.41) is 11.2. The topological polar surface area (TPSA) is 46.6 Å². The fourth-order valence-corrected chi connectivity index (χ4v) is 12.9. The first-order valence-electron chi connectivity index (χ1n) is 25.5. The van der Waals surface area contributed by atoms with Gasteiger partial charge in [0.15, 0.2) is 5.84 Å². The van der Waals surface area contributed by atoms with Crippen molar-refractivity contribution in [1.82, 2.24) is 14.5 Å². The zero-order valence-corrected chi connectivity index (χ0v) is 41.4. The second-order valence-corrected chi connectivity index (χ2v) is 20.3. The van der Waals surface area contributed by atoms with E-state index in [4.69, 9.17) is 9.98 Å². The van der Waals surface area contributed by atoms with Crippen molar-refractivity contribution in [3.63, 3.8) is 0 Å². The Morgan fingerprint density at radius 3 is 1.69 bits per heavy atom. The summed E-state index contributed by atoms with van der Waals surface area (Å²) < 4.78 is 7.50. The molecule has 352 valence electrons. The highest BCUT2D eigenvalue weighted by molar-refractivity contribution is 7.26. The molecule has 1 atom stereocenters. The molecule has 5 nitrogen and oxygen atoms in total. The number of hydrogen-bond acceptors (Lipinski definition) is 4. The van der Waals surface area contributed by atoms with Crippen LogP contribution in [0.5, 0.6) is 0 Å². The highest BCUT2D eigenvalue weighted by Gasteiger charge is 2.28. The minimum absolute atomic E-state index is 0.489. The van der Waals surface area contributed by atoms with Crippen molar-refractivity contribution in [2.24, 2.45) is 9.98 Å². The van der Waals surface area contributed by atoms with Gasteiger partial charge in [-0.15, -0.1) is 11.3 Å². The molecular weight excluding hydrogens is 931 g/mol. The molecule has 1 aliphatic heterocycles. The Kier molecular flexibility index (Phi) is 10.1. The maximum atomic E-state index is 5.51. The molecule has 15 rings (SSSR count). The molecule has 1 N–H and O–H groups in total. The Balaban J connectivity index is 1.07. The molecule has 0 fully saturated rings. The van der Waals surface area contributed by atoms with Crippen LogP contribution in [0.4, 0.5) is 0 Å². The molecule has 1 unspecified atom stereocenters. The van der Waals surface area contributed by atoms with Crippen molar-refractivity contribution >= 4 is 86.8 Å². The quantitative estimate of drug-likeness (QED) is 0.162. The van der Waals surface area contributed by atoms with E-state index in [2.05, 4.69) is 263 Å². The number of aromatic nitrogens is 2. The van der Waals surface area contributed by atoms with Gasteiger partial charge in [0.1, 0.15) is 12.0 Å². The van der Waals surface area contributed by atoms with Crippen LogP contribution < -0.4 is 5.32 Å². The Morgan fingerprint density at radius 2 is 0.947 bits per heavy atom. The molecule has 4 heterocycles.